The van der Waals surface area contributed by atoms with Crippen molar-refractivity contribution < 1.29 is 17.9 Å². The topological polar surface area (TPSA) is 48.9 Å². The minimum atomic E-state index is -4.17. The number of rotatable bonds is 10. The molecule has 0 atom stereocenters. The number of likely N-dealkylation sites (N-methyl/N-ethyl adjacent to an activating group) is 1. The lowest BCUT2D eigenvalue weighted by Gasteiger charge is -2.19. The molecule has 148 valence electrons. The van der Waals surface area contributed by atoms with E-state index >= 15 is 0 Å². The smallest absolute Gasteiger partial charge is 0.401 e. The Balaban J connectivity index is 2.14. The largest absolute Gasteiger partial charge is 0.497 e. The van der Waals surface area contributed by atoms with Crippen LogP contribution in [0.15, 0.2) is 29.3 Å². The molecule has 0 aliphatic carbocycles. The molecule has 0 aliphatic rings. The summed E-state index contributed by atoms with van der Waals surface area (Å²) in [4.78, 5) is 5.31. The standard InChI is InChI=1S/C18H29F3N4O/c1-22-17(24-12-13-25(2)14-18(19,20)21)23-11-5-4-6-15-7-9-16(26-3)10-8-15/h7-10H,4-6,11-14H2,1-3H3,(H2,22,23,24). The van der Waals surface area contributed by atoms with E-state index in [1.807, 2.05) is 12.1 Å². The monoisotopic (exact) mass is 374 g/mol. The molecule has 0 heterocycles. The lowest BCUT2D eigenvalue weighted by Crippen LogP contribution is -2.42. The van der Waals surface area contributed by atoms with Crippen molar-refractivity contribution in [2.24, 2.45) is 4.99 Å². The van der Waals surface area contributed by atoms with Gasteiger partial charge in [0.2, 0.25) is 0 Å². The van der Waals surface area contributed by atoms with Crippen LogP contribution in [0.4, 0.5) is 13.2 Å². The van der Waals surface area contributed by atoms with E-state index in [0.29, 0.717) is 12.5 Å². The Bertz CT molecular complexity index is 532. The van der Waals surface area contributed by atoms with Gasteiger partial charge < -0.3 is 15.4 Å². The third-order valence-corrected chi connectivity index (χ3v) is 3.80. The molecule has 8 heteroatoms. The van der Waals surface area contributed by atoms with Crippen molar-refractivity contribution in [3.05, 3.63) is 29.8 Å². The number of ether oxygens (including phenoxy) is 1. The molecule has 0 saturated carbocycles. The van der Waals surface area contributed by atoms with Crippen LogP contribution in [0, 0.1) is 0 Å². The number of methoxy groups -OCH3 is 1. The molecule has 1 rings (SSSR count). The third-order valence-electron chi connectivity index (χ3n) is 3.80. The molecule has 0 spiro atoms. The SMILES string of the molecule is CN=C(NCCCCc1ccc(OC)cc1)NCCN(C)CC(F)(F)F. The molecule has 26 heavy (non-hydrogen) atoms. The molecule has 5 nitrogen and oxygen atoms in total. The number of aryl methyl sites for hydroxylation is 1. The zero-order chi connectivity index (χ0) is 19.4. The highest BCUT2D eigenvalue weighted by Gasteiger charge is 2.28. The van der Waals surface area contributed by atoms with Crippen LogP contribution in [-0.2, 0) is 6.42 Å². The van der Waals surface area contributed by atoms with Crippen LogP contribution in [0.3, 0.4) is 0 Å². The second-order valence-corrected chi connectivity index (χ2v) is 6.08. The van der Waals surface area contributed by atoms with Gasteiger partial charge in [0.15, 0.2) is 5.96 Å². The van der Waals surface area contributed by atoms with E-state index < -0.39 is 12.7 Å². The fraction of sp³-hybridized carbons (Fsp3) is 0.611. The molecular weight excluding hydrogens is 345 g/mol. The summed E-state index contributed by atoms with van der Waals surface area (Å²) in [6.45, 7) is 0.538. The van der Waals surface area contributed by atoms with Gasteiger partial charge in [-0.05, 0) is 44.0 Å². The fourth-order valence-electron chi connectivity index (χ4n) is 2.42. The first-order valence-corrected chi connectivity index (χ1v) is 8.67. The molecule has 0 fully saturated rings. The minimum Gasteiger partial charge on any atom is -0.497 e. The highest BCUT2D eigenvalue weighted by molar-refractivity contribution is 5.79. The summed E-state index contributed by atoms with van der Waals surface area (Å²) in [7, 11) is 4.74. The summed E-state index contributed by atoms with van der Waals surface area (Å²) in [6.07, 6.45) is -1.18. The van der Waals surface area contributed by atoms with Crippen LogP contribution in [-0.4, -0.2) is 64.4 Å². The molecule has 0 saturated heterocycles. The van der Waals surface area contributed by atoms with Gasteiger partial charge in [0, 0.05) is 26.7 Å². The van der Waals surface area contributed by atoms with Crippen LogP contribution in [0.1, 0.15) is 18.4 Å². The maximum atomic E-state index is 12.3. The molecule has 0 bridgehead atoms. The van der Waals surface area contributed by atoms with E-state index in [9.17, 15) is 13.2 Å². The van der Waals surface area contributed by atoms with E-state index in [1.165, 1.54) is 17.5 Å². The summed E-state index contributed by atoms with van der Waals surface area (Å²) in [5.41, 5.74) is 1.26. The van der Waals surface area contributed by atoms with Crippen LogP contribution >= 0.6 is 0 Å². The molecule has 0 radical (unpaired) electrons. The first-order valence-electron chi connectivity index (χ1n) is 8.67. The second-order valence-electron chi connectivity index (χ2n) is 6.08. The summed E-state index contributed by atoms with van der Waals surface area (Å²) in [5.74, 6) is 1.46. The zero-order valence-electron chi connectivity index (χ0n) is 15.7. The maximum Gasteiger partial charge on any atom is 0.401 e. The van der Waals surface area contributed by atoms with E-state index in [4.69, 9.17) is 4.74 Å². The highest BCUT2D eigenvalue weighted by atomic mass is 19.4. The van der Waals surface area contributed by atoms with Crippen molar-refractivity contribution in [3.8, 4) is 5.75 Å². The van der Waals surface area contributed by atoms with Gasteiger partial charge in [-0.1, -0.05) is 12.1 Å². The molecule has 0 amide bonds. The number of alkyl halides is 3. The van der Waals surface area contributed by atoms with Gasteiger partial charge in [-0.15, -0.1) is 0 Å². The van der Waals surface area contributed by atoms with Gasteiger partial charge in [-0.25, -0.2) is 0 Å². The summed E-state index contributed by atoms with van der Waals surface area (Å²) < 4.78 is 41.9. The first-order chi connectivity index (χ1) is 12.3. The van der Waals surface area contributed by atoms with Crippen LogP contribution < -0.4 is 15.4 Å². The Labute approximate surface area is 153 Å². The predicted molar refractivity (Wildman–Crippen MR) is 98.8 cm³/mol. The average Bonchev–Trinajstić information content (AvgIpc) is 2.59. The van der Waals surface area contributed by atoms with Gasteiger partial charge >= 0.3 is 6.18 Å². The van der Waals surface area contributed by atoms with Gasteiger partial charge in [0.25, 0.3) is 0 Å². The number of hydrogen-bond acceptors (Lipinski definition) is 3. The van der Waals surface area contributed by atoms with Gasteiger partial charge in [0.05, 0.1) is 13.7 Å². The summed E-state index contributed by atoms with van der Waals surface area (Å²) in [6, 6.07) is 8.03. The van der Waals surface area contributed by atoms with E-state index in [-0.39, 0.29) is 6.54 Å². The van der Waals surface area contributed by atoms with Gasteiger partial charge in [-0.3, -0.25) is 9.89 Å². The Morgan fingerprint density at radius 2 is 1.77 bits per heavy atom. The van der Waals surface area contributed by atoms with Crippen molar-refractivity contribution in [2.45, 2.75) is 25.4 Å². The predicted octanol–water partition coefficient (Wildman–Crippen LogP) is 2.68. The Morgan fingerprint density at radius 3 is 2.35 bits per heavy atom. The van der Waals surface area contributed by atoms with Crippen molar-refractivity contribution in [1.82, 2.24) is 15.5 Å². The van der Waals surface area contributed by atoms with E-state index in [2.05, 4.69) is 27.8 Å². The van der Waals surface area contributed by atoms with Crippen molar-refractivity contribution in [1.29, 1.82) is 0 Å². The number of guanidine groups is 1. The highest BCUT2D eigenvalue weighted by Crippen LogP contribution is 2.15. The summed E-state index contributed by atoms with van der Waals surface area (Å²) in [5, 5.41) is 6.20. The van der Waals surface area contributed by atoms with Crippen molar-refractivity contribution in [3.63, 3.8) is 0 Å². The Morgan fingerprint density at radius 1 is 1.12 bits per heavy atom. The maximum absolute atomic E-state index is 12.3. The van der Waals surface area contributed by atoms with Crippen molar-refractivity contribution >= 4 is 5.96 Å². The minimum absolute atomic E-state index is 0.289. The molecule has 0 aliphatic heterocycles. The van der Waals surface area contributed by atoms with E-state index in [0.717, 1.165) is 31.6 Å². The zero-order valence-corrected chi connectivity index (χ0v) is 15.7. The third kappa shape index (κ3) is 10.1. The Kier molecular flexibility index (Phi) is 9.87. The molecule has 1 aromatic rings. The van der Waals surface area contributed by atoms with Crippen molar-refractivity contribution in [2.75, 3.05) is 47.4 Å². The van der Waals surface area contributed by atoms with Crippen LogP contribution in [0.2, 0.25) is 0 Å². The summed E-state index contributed by atoms with van der Waals surface area (Å²) >= 11 is 0. The second kappa shape index (κ2) is 11.6. The molecule has 0 aromatic heterocycles. The number of halogens is 3. The van der Waals surface area contributed by atoms with Crippen LogP contribution in [0.25, 0.3) is 0 Å². The van der Waals surface area contributed by atoms with Gasteiger partial charge in [-0.2, -0.15) is 13.2 Å². The number of hydrogen-bond donors (Lipinski definition) is 2. The number of nitrogens with one attached hydrogen (secondary N) is 2. The lowest BCUT2D eigenvalue weighted by atomic mass is 10.1. The lowest BCUT2D eigenvalue weighted by molar-refractivity contribution is -0.142. The molecular formula is C18H29F3N4O. The normalized spacial score (nSPS) is 12.3. The average molecular weight is 374 g/mol. The van der Waals surface area contributed by atoms with E-state index in [1.54, 1.807) is 14.2 Å². The number of aliphatic imine (C=N–C) groups is 1. The number of nitrogens with zero attached hydrogens (tertiary/aromatic N) is 2. The fourth-order valence-corrected chi connectivity index (χ4v) is 2.42. The van der Waals surface area contributed by atoms with Crippen LogP contribution in [0.5, 0.6) is 5.75 Å². The first kappa shape index (κ1) is 22.1. The molecule has 0 unspecified atom stereocenters. The molecule has 2 N–H and O–H groups in total. The van der Waals surface area contributed by atoms with Gasteiger partial charge in [0.1, 0.15) is 5.75 Å². The Hall–Kier alpha value is -1.96. The molecule has 1 aromatic carbocycles. The number of unbranched alkanes of at least 4 members (excludes halogenated alkanes) is 1. The number of benzene rings is 1. The quantitative estimate of drug-likeness (QED) is 0.376.